The Balaban J connectivity index is 1.95. The molecule has 0 radical (unpaired) electrons. The van der Waals surface area contributed by atoms with E-state index in [-0.39, 0.29) is 41.2 Å². The summed E-state index contributed by atoms with van der Waals surface area (Å²) >= 11 is 1.03. The van der Waals surface area contributed by atoms with E-state index in [1.807, 2.05) is 0 Å². The van der Waals surface area contributed by atoms with Crippen molar-refractivity contribution in [3.63, 3.8) is 0 Å². The summed E-state index contributed by atoms with van der Waals surface area (Å²) in [5.41, 5.74) is 0. The van der Waals surface area contributed by atoms with Gasteiger partial charge in [0.15, 0.2) is 0 Å². The molecule has 1 aliphatic carbocycles. The van der Waals surface area contributed by atoms with Crippen LogP contribution >= 0.6 is 11.3 Å². The Morgan fingerprint density at radius 1 is 1.40 bits per heavy atom. The molecule has 1 aromatic rings. The van der Waals surface area contributed by atoms with Crippen molar-refractivity contribution in [3.05, 3.63) is 16.3 Å². The molecule has 0 bridgehead atoms. The SMILES string of the molecule is COC(=O)c1sccc1S(=O)(=O)N1CCOCC1C1CCCCC1=O. The van der Waals surface area contributed by atoms with E-state index in [0.29, 0.717) is 12.8 Å². The molecule has 2 atom stereocenters. The van der Waals surface area contributed by atoms with E-state index >= 15 is 0 Å². The number of esters is 1. The van der Waals surface area contributed by atoms with Gasteiger partial charge in [-0.3, -0.25) is 4.79 Å². The first-order chi connectivity index (χ1) is 12.0. The Bertz CT molecular complexity index is 756. The number of ether oxygens (including phenoxy) is 2. The second-order valence-electron chi connectivity index (χ2n) is 6.18. The van der Waals surface area contributed by atoms with Gasteiger partial charge in [0, 0.05) is 18.9 Å². The number of nitrogens with zero attached hydrogens (tertiary/aromatic N) is 1. The topological polar surface area (TPSA) is 90.0 Å². The number of hydrogen-bond donors (Lipinski definition) is 0. The first-order valence-electron chi connectivity index (χ1n) is 8.25. The van der Waals surface area contributed by atoms with Crippen LogP contribution in [0.2, 0.25) is 0 Å². The van der Waals surface area contributed by atoms with Gasteiger partial charge in [-0.25, -0.2) is 13.2 Å². The van der Waals surface area contributed by atoms with Crippen LogP contribution in [-0.2, 0) is 24.3 Å². The lowest BCUT2D eigenvalue weighted by molar-refractivity contribution is -0.128. The lowest BCUT2D eigenvalue weighted by atomic mass is 9.82. The van der Waals surface area contributed by atoms with Crippen LogP contribution < -0.4 is 0 Å². The monoisotopic (exact) mass is 387 g/mol. The number of sulfonamides is 1. The van der Waals surface area contributed by atoms with Gasteiger partial charge in [-0.05, 0) is 24.3 Å². The van der Waals surface area contributed by atoms with Crippen molar-refractivity contribution < 1.29 is 27.5 Å². The Morgan fingerprint density at radius 3 is 2.92 bits per heavy atom. The number of ketones is 1. The first-order valence-corrected chi connectivity index (χ1v) is 10.6. The third-order valence-electron chi connectivity index (χ3n) is 4.77. The molecule has 0 spiro atoms. The van der Waals surface area contributed by atoms with Gasteiger partial charge < -0.3 is 9.47 Å². The summed E-state index contributed by atoms with van der Waals surface area (Å²) in [6.07, 6.45) is 2.92. The fraction of sp³-hybridized carbons (Fsp3) is 0.625. The van der Waals surface area contributed by atoms with Crippen molar-refractivity contribution in [3.8, 4) is 0 Å². The van der Waals surface area contributed by atoms with Gasteiger partial charge in [0.1, 0.15) is 15.6 Å². The highest BCUT2D eigenvalue weighted by atomic mass is 32.2. The highest BCUT2D eigenvalue weighted by molar-refractivity contribution is 7.89. The van der Waals surface area contributed by atoms with Crippen LogP contribution in [0.1, 0.15) is 35.4 Å². The maximum Gasteiger partial charge on any atom is 0.349 e. The average molecular weight is 387 g/mol. The summed E-state index contributed by atoms with van der Waals surface area (Å²) in [4.78, 5) is 24.2. The zero-order valence-electron chi connectivity index (χ0n) is 14.0. The predicted octanol–water partition coefficient (Wildman–Crippen LogP) is 1.68. The molecule has 2 fully saturated rings. The maximum absolute atomic E-state index is 13.2. The number of rotatable bonds is 4. The smallest absolute Gasteiger partial charge is 0.349 e. The molecule has 1 aromatic heterocycles. The zero-order valence-corrected chi connectivity index (χ0v) is 15.6. The van der Waals surface area contributed by atoms with Crippen molar-refractivity contribution in [2.75, 3.05) is 26.9 Å². The van der Waals surface area contributed by atoms with Crippen LogP contribution in [0.4, 0.5) is 0 Å². The van der Waals surface area contributed by atoms with E-state index in [0.717, 1.165) is 24.2 Å². The van der Waals surface area contributed by atoms with Gasteiger partial charge in [0.2, 0.25) is 10.0 Å². The summed E-state index contributed by atoms with van der Waals surface area (Å²) in [6.45, 7) is 0.648. The van der Waals surface area contributed by atoms with Crippen LogP contribution in [0.15, 0.2) is 16.3 Å². The summed E-state index contributed by atoms with van der Waals surface area (Å²) in [5.74, 6) is -0.920. The molecular weight excluding hydrogens is 366 g/mol. The molecule has 2 unspecified atom stereocenters. The zero-order chi connectivity index (χ0) is 18.0. The minimum Gasteiger partial charge on any atom is -0.465 e. The second-order valence-corrected chi connectivity index (χ2v) is 8.96. The Kier molecular flexibility index (Phi) is 5.57. The summed E-state index contributed by atoms with van der Waals surface area (Å²) in [6, 6.07) is 0.901. The predicted molar refractivity (Wildman–Crippen MR) is 91.1 cm³/mol. The minimum absolute atomic E-state index is 0.0560. The molecule has 1 aliphatic heterocycles. The quantitative estimate of drug-likeness (QED) is 0.730. The molecule has 1 saturated carbocycles. The molecule has 25 heavy (non-hydrogen) atoms. The summed E-state index contributed by atoms with van der Waals surface area (Å²) in [7, 11) is -2.70. The standard InChI is InChI=1S/C16H21NO6S2/c1-22-16(19)15-14(6-9-24-15)25(20,21)17-7-8-23-10-12(17)11-4-2-3-5-13(11)18/h6,9,11-12H,2-5,7-8,10H2,1H3. The fourth-order valence-electron chi connectivity index (χ4n) is 3.51. The highest BCUT2D eigenvalue weighted by Gasteiger charge is 2.43. The normalized spacial score (nSPS) is 25.7. The van der Waals surface area contributed by atoms with Crippen LogP contribution in [0.5, 0.6) is 0 Å². The minimum atomic E-state index is -3.92. The third-order valence-corrected chi connectivity index (χ3v) is 7.76. The molecule has 7 nitrogen and oxygen atoms in total. The summed E-state index contributed by atoms with van der Waals surface area (Å²) < 4.78 is 37.9. The maximum atomic E-state index is 13.2. The Hall–Kier alpha value is -1.29. The van der Waals surface area contributed by atoms with Gasteiger partial charge in [-0.1, -0.05) is 6.42 Å². The fourth-order valence-corrected chi connectivity index (χ4v) is 6.45. The number of hydrogen-bond acceptors (Lipinski definition) is 7. The van der Waals surface area contributed by atoms with E-state index < -0.39 is 22.0 Å². The third kappa shape index (κ3) is 3.51. The van der Waals surface area contributed by atoms with Crippen molar-refractivity contribution in [2.45, 2.75) is 36.6 Å². The van der Waals surface area contributed by atoms with E-state index in [9.17, 15) is 18.0 Å². The van der Waals surface area contributed by atoms with Gasteiger partial charge in [-0.15, -0.1) is 11.3 Å². The molecule has 0 N–H and O–H groups in total. The van der Waals surface area contributed by atoms with Gasteiger partial charge in [-0.2, -0.15) is 4.31 Å². The molecule has 2 aliphatic rings. The van der Waals surface area contributed by atoms with E-state index in [2.05, 4.69) is 4.74 Å². The molecule has 2 heterocycles. The number of carbonyl (C=O) groups excluding carboxylic acids is 2. The van der Waals surface area contributed by atoms with Crippen LogP contribution in [0.3, 0.4) is 0 Å². The molecule has 0 aromatic carbocycles. The lowest BCUT2D eigenvalue weighted by Gasteiger charge is -2.39. The molecule has 9 heteroatoms. The van der Waals surface area contributed by atoms with Crippen molar-refractivity contribution in [1.82, 2.24) is 4.31 Å². The van der Waals surface area contributed by atoms with Gasteiger partial charge in [0.25, 0.3) is 0 Å². The Labute approximate surface area is 151 Å². The average Bonchev–Trinajstić information content (AvgIpc) is 3.12. The first kappa shape index (κ1) is 18.5. The molecule has 0 amide bonds. The second kappa shape index (κ2) is 7.53. The Morgan fingerprint density at radius 2 is 2.20 bits per heavy atom. The lowest BCUT2D eigenvalue weighted by Crippen LogP contribution is -2.54. The number of morpholine rings is 1. The van der Waals surface area contributed by atoms with E-state index in [4.69, 9.17) is 4.74 Å². The summed E-state index contributed by atoms with van der Waals surface area (Å²) in [5, 5.41) is 1.56. The van der Waals surface area contributed by atoms with E-state index in [1.54, 1.807) is 5.38 Å². The molecule has 138 valence electrons. The molecule has 1 saturated heterocycles. The molecular formula is C16H21NO6S2. The van der Waals surface area contributed by atoms with Crippen LogP contribution in [-0.4, -0.2) is 57.4 Å². The number of carbonyl (C=O) groups is 2. The number of Topliss-reactive ketones (excluding diaryl/α,β-unsaturated/α-hetero) is 1. The largest absolute Gasteiger partial charge is 0.465 e. The van der Waals surface area contributed by atoms with Crippen molar-refractivity contribution in [1.29, 1.82) is 0 Å². The van der Waals surface area contributed by atoms with E-state index in [1.165, 1.54) is 17.5 Å². The number of methoxy groups -OCH3 is 1. The molecule has 3 rings (SSSR count). The van der Waals surface area contributed by atoms with Crippen molar-refractivity contribution >= 4 is 33.1 Å². The van der Waals surface area contributed by atoms with Crippen LogP contribution in [0, 0.1) is 5.92 Å². The number of thiophene rings is 1. The highest BCUT2D eigenvalue weighted by Crippen LogP contribution is 2.33. The van der Waals surface area contributed by atoms with Gasteiger partial charge in [0.05, 0.1) is 26.4 Å². The van der Waals surface area contributed by atoms with Crippen molar-refractivity contribution in [2.24, 2.45) is 5.92 Å². The van der Waals surface area contributed by atoms with Crippen LogP contribution in [0.25, 0.3) is 0 Å². The van der Waals surface area contributed by atoms with Gasteiger partial charge >= 0.3 is 5.97 Å².